The first-order valence-electron chi connectivity index (χ1n) is 8.95. The van der Waals surface area contributed by atoms with E-state index in [4.69, 9.17) is 4.74 Å². The lowest BCUT2D eigenvalue weighted by Crippen LogP contribution is -2.28. The third-order valence-electron chi connectivity index (χ3n) is 5.52. The highest BCUT2D eigenvalue weighted by Gasteiger charge is 2.59. The van der Waals surface area contributed by atoms with Gasteiger partial charge in [0.25, 0.3) is 11.8 Å². The molecule has 5 atom stereocenters. The third kappa shape index (κ3) is 2.83. The average Bonchev–Trinajstić information content (AvgIpc) is 3.35. The van der Waals surface area contributed by atoms with Crippen LogP contribution in [0.1, 0.15) is 18.9 Å². The number of fused-ring (bicyclic) bond motifs is 5. The molecule has 0 aromatic heterocycles. The smallest absolute Gasteiger partial charge is 0.346 e. The molecule has 0 N–H and O–H groups in total. The highest BCUT2D eigenvalue weighted by molar-refractivity contribution is 6.06. The normalized spacial score (nSPS) is 29.5. The van der Waals surface area contributed by atoms with Crippen LogP contribution in [0.25, 0.3) is 0 Å². The minimum Gasteiger partial charge on any atom is -0.478 e. The van der Waals surface area contributed by atoms with Crippen molar-refractivity contribution >= 4 is 24.0 Å². The van der Waals surface area contributed by atoms with E-state index in [2.05, 4.69) is 9.84 Å². The third-order valence-corrected chi connectivity index (χ3v) is 5.52. The van der Waals surface area contributed by atoms with Gasteiger partial charge in [-0.15, -0.1) is 0 Å². The zero-order valence-electron chi connectivity index (χ0n) is 15.1. The van der Waals surface area contributed by atoms with Crippen LogP contribution in [0.3, 0.4) is 0 Å². The highest BCUT2D eigenvalue weighted by Crippen LogP contribution is 2.52. The van der Waals surface area contributed by atoms with Gasteiger partial charge in [0.1, 0.15) is 5.75 Å². The van der Waals surface area contributed by atoms with E-state index in [9.17, 15) is 14.4 Å². The molecule has 3 aliphatic rings. The van der Waals surface area contributed by atoms with Gasteiger partial charge in [-0.1, -0.05) is 24.3 Å². The second-order valence-corrected chi connectivity index (χ2v) is 7.05. The Morgan fingerprint density at radius 3 is 2.44 bits per heavy atom. The van der Waals surface area contributed by atoms with Crippen molar-refractivity contribution in [2.75, 3.05) is 7.11 Å². The number of ether oxygens (including phenoxy) is 2. The Balaban J connectivity index is 1.53. The van der Waals surface area contributed by atoms with E-state index in [1.807, 2.05) is 12.2 Å². The molecule has 1 aromatic carbocycles. The average molecular weight is 368 g/mol. The van der Waals surface area contributed by atoms with E-state index < -0.39 is 12.1 Å². The van der Waals surface area contributed by atoms with Gasteiger partial charge in [0, 0.05) is 5.56 Å². The Bertz CT molecular complexity index is 832. The Morgan fingerprint density at radius 1 is 1.19 bits per heavy atom. The number of carbonyl (C=O) groups excluding carboxylic acids is 3. The first-order chi connectivity index (χ1) is 13.0. The van der Waals surface area contributed by atoms with Gasteiger partial charge in [-0.3, -0.25) is 9.59 Å². The van der Waals surface area contributed by atoms with E-state index >= 15 is 0 Å². The fourth-order valence-corrected chi connectivity index (χ4v) is 4.22. The van der Waals surface area contributed by atoms with Gasteiger partial charge in [-0.05, 0) is 37.3 Å². The molecule has 0 radical (unpaired) electrons. The molecule has 4 rings (SSSR count). The van der Waals surface area contributed by atoms with Crippen LogP contribution in [0.2, 0.25) is 0 Å². The predicted octanol–water partition coefficient (Wildman–Crippen LogP) is 1.77. The standard InChI is InChI=1S/C20H20N2O5/c1-11(20(25)26-2)27-15-6-4-3-5-14(15)10-21-22-18(23)16-12-7-8-13(9-12)17(16)19(22)24/h3-8,10-13,16-17H,9H2,1-2H3. The molecule has 27 heavy (non-hydrogen) atoms. The molecular formula is C20H20N2O5. The molecule has 7 heteroatoms. The number of rotatable bonds is 5. The van der Waals surface area contributed by atoms with Crippen LogP contribution in [0.4, 0.5) is 0 Å². The second-order valence-electron chi connectivity index (χ2n) is 7.05. The molecule has 2 bridgehead atoms. The molecule has 2 fully saturated rings. The summed E-state index contributed by atoms with van der Waals surface area (Å²) in [5.41, 5.74) is 0.562. The summed E-state index contributed by atoms with van der Waals surface area (Å²) in [7, 11) is 1.29. The fourth-order valence-electron chi connectivity index (χ4n) is 4.22. The molecule has 140 valence electrons. The summed E-state index contributed by atoms with van der Waals surface area (Å²) in [5.74, 6) is -0.825. The van der Waals surface area contributed by atoms with Gasteiger partial charge in [0.15, 0.2) is 6.10 Å². The van der Waals surface area contributed by atoms with Crippen LogP contribution in [0, 0.1) is 23.7 Å². The number of amides is 2. The van der Waals surface area contributed by atoms with Crippen molar-refractivity contribution in [1.82, 2.24) is 5.01 Å². The van der Waals surface area contributed by atoms with Gasteiger partial charge >= 0.3 is 5.97 Å². The molecule has 1 aliphatic heterocycles. The van der Waals surface area contributed by atoms with Crippen LogP contribution in [0.15, 0.2) is 41.5 Å². The molecule has 2 amide bonds. The lowest BCUT2D eigenvalue weighted by Gasteiger charge is -2.15. The topological polar surface area (TPSA) is 85.3 Å². The summed E-state index contributed by atoms with van der Waals surface area (Å²) in [6.07, 6.45) is 5.60. The van der Waals surface area contributed by atoms with Crippen molar-refractivity contribution in [3.8, 4) is 5.75 Å². The van der Waals surface area contributed by atoms with Crippen LogP contribution in [-0.2, 0) is 19.1 Å². The summed E-state index contributed by atoms with van der Waals surface area (Å²) in [6, 6.07) is 6.97. The molecule has 1 saturated carbocycles. The Kier molecular flexibility index (Phi) is 4.30. The van der Waals surface area contributed by atoms with Gasteiger partial charge in [-0.25, -0.2) is 4.79 Å². The zero-order chi connectivity index (χ0) is 19.1. The van der Waals surface area contributed by atoms with E-state index in [-0.39, 0.29) is 35.5 Å². The quantitative estimate of drug-likeness (QED) is 0.342. The van der Waals surface area contributed by atoms with E-state index in [1.165, 1.54) is 13.3 Å². The largest absolute Gasteiger partial charge is 0.478 e. The fraction of sp³-hybridized carbons (Fsp3) is 0.400. The number of benzene rings is 1. The Labute approximate surface area is 156 Å². The number of para-hydroxylation sites is 1. The second kappa shape index (κ2) is 6.64. The molecule has 2 aliphatic carbocycles. The summed E-state index contributed by atoms with van der Waals surface area (Å²) < 4.78 is 10.3. The van der Waals surface area contributed by atoms with Crippen molar-refractivity contribution in [1.29, 1.82) is 0 Å². The number of methoxy groups -OCH3 is 1. The minimum absolute atomic E-state index is 0.146. The number of allylic oxidation sites excluding steroid dienone is 2. The number of esters is 1. The minimum atomic E-state index is -0.791. The summed E-state index contributed by atoms with van der Waals surface area (Å²) in [4.78, 5) is 36.9. The maximum absolute atomic E-state index is 12.7. The zero-order valence-corrected chi connectivity index (χ0v) is 15.1. The summed E-state index contributed by atoms with van der Waals surface area (Å²) in [6.45, 7) is 1.58. The maximum Gasteiger partial charge on any atom is 0.346 e. The van der Waals surface area contributed by atoms with Crippen molar-refractivity contribution in [3.05, 3.63) is 42.0 Å². The van der Waals surface area contributed by atoms with Crippen LogP contribution < -0.4 is 4.74 Å². The number of hydrazone groups is 1. The number of carbonyl (C=O) groups is 3. The van der Waals surface area contributed by atoms with Crippen molar-refractivity contribution in [3.63, 3.8) is 0 Å². The van der Waals surface area contributed by atoms with E-state index in [1.54, 1.807) is 31.2 Å². The number of nitrogens with zero attached hydrogens (tertiary/aromatic N) is 2. The van der Waals surface area contributed by atoms with Crippen molar-refractivity contribution in [2.45, 2.75) is 19.4 Å². The number of hydrogen-bond donors (Lipinski definition) is 0. The molecular weight excluding hydrogens is 348 g/mol. The van der Waals surface area contributed by atoms with E-state index in [0.29, 0.717) is 11.3 Å². The van der Waals surface area contributed by atoms with Crippen LogP contribution in [-0.4, -0.2) is 42.2 Å². The first-order valence-corrected chi connectivity index (χ1v) is 8.95. The van der Waals surface area contributed by atoms with Gasteiger partial charge in [0.2, 0.25) is 0 Å². The van der Waals surface area contributed by atoms with Gasteiger partial charge in [0.05, 0.1) is 25.2 Å². The lowest BCUT2D eigenvalue weighted by atomic mass is 9.85. The lowest BCUT2D eigenvalue weighted by molar-refractivity contribution is -0.148. The Morgan fingerprint density at radius 2 is 1.81 bits per heavy atom. The van der Waals surface area contributed by atoms with Crippen LogP contribution in [0.5, 0.6) is 5.75 Å². The van der Waals surface area contributed by atoms with Crippen molar-refractivity contribution < 1.29 is 23.9 Å². The molecule has 0 spiro atoms. The van der Waals surface area contributed by atoms with Gasteiger partial charge < -0.3 is 9.47 Å². The SMILES string of the molecule is COC(=O)C(C)Oc1ccccc1C=NN1C(=O)C2C3C=CC(C3)C2C1=O. The molecule has 5 unspecified atom stereocenters. The maximum atomic E-state index is 12.7. The predicted molar refractivity (Wildman–Crippen MR) is 95.7 cm³/mol. The van der Waals surface area contributed by atoms with Gasteiger partial charge in [-0.2, -0.15) is 10.1 Å². The molecule has 7 nitrogen and oxygen atoms in total. The molecule has 1 heterocycles. The first kappa shape index (κ1) is 17.5. The number of hydrogen-bond acceptors (Lipinski definition) is 6. The highest BCUT2D eigenvalue weighted by atomic mass is 16.6. The Hall–Kier alpha value is -2.96. The molecule has 1 aromatic rings. The van der Waals surface area contributed by atoms with E-state index in [0.717, 1.165) is 11.4 Å². The molecule has 1 saturated heterocycles. The summed E-state index contributed by atoms with van der Waals surface area (Å²) >= 11 is 0. The number of imide groups is 1. The van der Waals surface area contributed by atoms with Crippen molar-refractivity contribution in [2.24, 2.45) is 28.8 Å². The monoisotopic (exact) mass is 368 g/mol. The van der Waals surface area contributed by atoms with Crippen LogP contribution >= 0.6 is 0 Å². The summed E-state index contributed by atoms with van der Waals surface area (Å²) in [5, 5.41) is 5.14.